The monoisotopic (exact) mass is 246 g/mol. The topological polar surface area (TPSA) is 103 Å². The Labute approximate surface area is 102 Å². The average Bonchev–Trinajstić information content (AvgIpc) is 2.81. The molecule has 2 rings (SSSR count). The van der Waals surface area contributed by atoms with Crippen molar-refractivity contribution in [3.8, 4) is 0 Å². The zero-order chi connectivity index (χ0) is 13.1. The van der Waals surface area contributed by atoms with Gasteiger partial charge in [0.2, 0.25) is 5.91 Å². The molecule has 18 heavy (non-hydrogen) atoms. The van der Waals surface area contributed by atoms with Gasteiger partial charge in [-0.25, -0.2) is 0 Å². The molecule has 7 nitrogen and oxygen atoms in total. The van der Waals surface area contributed by atoms with Crippen LogP contribution in [0.1, 0.15) is 10.4 Å². The third-order valence-corrected chi connectivity index (χ3v) is 2.33. The molecule has 0 radical (unpaired) electrons. The van der Waals surface area contributed by atoms with Crippen LogP contribution in [0.15, 0.2) is 42.7 Å². The zero-order valence-electron chi connectivity index (χ0n) is 9.24. The van der Waals surface area contributed by atoms with E-state index in [0.29, 0.717) is 0 Å². The number of rotatable bonds is 4. The smallest absolute Gasteiger partial charge is 0.294 e. The summed E-state index contributed by atoms with van der Waals surface area (Å²) in [6, 6.07) is 7.43. The number of aromatic nitrogens is 1. The van der Waals surface area contributed by atoms with Gasteiger partial charge in [0.25, 0.3) is 5.69 Å². The van der Waals surface area contributed by atoms with Gasteiger partial charge in [0, 0.05) is 24.0 Å². The molecule has 0 atom stereocenters. The first kappa shape index (κ1) is 11.6. The Balaban J connectivity index is 2.43. The normalized spacial score (nSPS) is 10.0. The van der Waals surface area contributed by atoms with E-state index in [1.807, 2.05) is 0 Å². The van der Waals surface area contributed by atoms with Gasteiger partial charge in [-0.15, -0.1) is 0 Å². The molecular weight excluding hydrogens is 236 g/mol. The highest BCUT2D eigenvalue weighted by Gasteiger charge is 2.15. The van der Waals surface area contributed by atoms with Crippen LogP contribution in [0.2, 0.25) is 0 Å². The summed E-state index contributed by atoms with van der Waals surface area (Å²) in [5.41, 5.74) is 8.21. The largest absolute Gasteiger partial charge is 0.366 e. The lowest BCUT2D eigenvalue weighted by molar-refractivity contribution is -0.384. The number of nitrogens with two attached hydrogens (primary N) is 1. The lowest BCUT2D eigenvalue weighted by atomic mass is 10.1. The van der Waals surface area contributed by atoms with Gasteiger partial charge in [-0.2, -0.15) is 0 Å². The van der Waals surface area contributed by atoms with Gasteiger partial charge in [-0.1, -0.05) is 0 Å². The highest BCUT2D eigenvalue weighted by Crippen LogP contribution is 2.25. The second-order valence-corrected chi connectivity index (χ2v) is 3.56. The number of hydrogen-bond donors (Lipinski definition) is 2. The van der Waals surface area contributed by atoms with Crippen LogP contribution >= 0.6 is 0 Å². The molecule has 0 fully saturated rings. The standard InChI is InChI=1S/C11H10N4O3/c12-11(16)8-3-4-10(15(17)18)9(7-8)13-14-5-1-2-6-14/h1-7,13H,(H2,12,16). The number of nitrogens with zero attached hydrogens (tertiary/aromatic N) is 2. The molecule has 0 bridgehead atoms. The van der Waals surface area contributed by atoms with Crippen molar-refractivity contribution in [2.75, 3.05) is 5.43 Å². The summed E-state index contributed by atoms with van der Waals surface area (Å²) in [6.07, 6.45) is 3.36. The number of primary amides is 1. The first-order valence-corrected chi connectivity index (χ1v) is 5.06. The Morgan fingerprint density at radius 1 is 1.33 bits per heavy atom. The van der Waals surface area contributed by atoms with Gasteiger partial charge in [0.05, 0.1) is 4.92 Å². The van der Waals surface area contributed by atoms with Gasteiger partial charge in [0.15, 0.2) is 0 Å². The molecule has 1 amide bonds. The van der Waals surface area contributed by atoms with Crippen molar-refractivity contribution < 1.29 is 9.72 Å². The van der Waals surface area contributed by atoms with Gasteiger partial charge < -0.3 is 5.73 Å². The number of benzene rings is 1. The summed E-state index contributed by atoms with van der Waals surface area (Å²) in [5.74, 6) is -0.638. The molecular formula is C11H10N4O3. The number of hydrogen-bond acceptors (Lipinski definition) is 4. The van der Waals surface area contributed by atoms with Gasteiger partial charge in [-0.05, 0) is 24.3 Å². The molecule has 92 valence electrons. The fourth-order valence-corrected chi connectivity index (χ4v) is 1.49. The van der Waals surface area contributed by atoms with E-state index in [4.69, 9.17) is 5.73 Å². The van der Waals surface area contributed by atoms with Crippen molar-refractivity contribution >= 4 is 17.3 Å². The Hall–Kier alpha value is -2.83. The number of nitro groups is 1. The molecule has 3 N–H and O–H groups in total. The fourth-order valence-electron chi connectivity index (χ4n) is 1.49. The number of nitro benzene ring substituents is 1. The summed E-state index contributed by atoms with van der Waals surface area (Å²) >= 11 is 0. The van der Waals surface area contributed by atoms with Crippen molar-refractivity contribution in [2.24, 2.45) is 5.73 Å². The Morgan fingerprint density at radius 3 is 2.56 bits per heavy atom. The van der Waals surface area contributed by atoms with E-state index in [9.17, 15) is 14.9 Å². The van der Waals surface area contributed by atoms with E-state index in [2.05, 4.69) is 5.43 Å². The van der Waals surface area contributed by atoms with Crippen molar-refractivity contribution in [1.29, 1.82) is 0 Å². The van der Waals surface area contributed by atoms with Crippen molar-refractivity contribution in [1.82, 2.24) is 4.68 Å². The molecule has 0 aliphatic heterocycles. The van der Waals surface area contributed by atoms with Crippen LogP contribution in [-0.4, -0.2) is 15.5 Å². The highest BCUT2D eigenvalue weighted by atomic mass is 16.6. The zero-order valence-corrected chi connectivity index (χ0v) is 9.24. The molecule has 1 heterocycles. The molecule has 0 saturated carbocycles. The fraction of sp³-hybridized carbons (Fsp3) is 0. The van der Waals surface area contributed by atoms with E-state index in [1.165, 1.54) is 22.9 Å². The van der Waals surface area contributed by atoms with Crippen molar-refractivity contribution in [3.63, 3.8) is 0 Å². The summed E-state index contributed by atoms with van der Waals surface area (Å²) in [5, 5.41) is 10.9. The summed E-state index contributed by atoms with van der Waals surface area (Å²) in [7, 11) is 0. The predicted octanol–water partition coefficient (Wildman–Crippen LogP) is 1.37. The minimum Gasteiger partial charge on any atom is -0.366 e. The maximum atomic E-state index is 11.1. The first-order valence-electron chi connectivity index (χ1n) is 5.06. The second-order valence-electron chi connectivity index (χ2n) is 3.56. The molecule has 1 aromatic carbocycles. The number of carbonyl (C=O) groups excluding carboxylic acids is 1. The lowest BCUT2D eigenvalue weighted by Gasteiger charge is -2.08. The van der Waals surface area contributed by atoms with Gasteiger partial charge >= 0.3 is 0 Å². The van der Waals surface area contributed by atoms with Gasteiger partial charge in [0.1, 0.15) is 5.69 Å². The molecule has 2 aromatic rings. The molecule has 0 saturated heterocycles. The third-order valence-electron chi connectivity index (χ3n) is 2.33. The van der Waals surface area contributed by atoms with Crippen LogP contribution in [0.3, 0.4) is 0 Å². The van der Waals surface area contributed by atoms with E-state index in [0.717, 1.165) is 0 Å². The Bertz CT molecular complexity index is 592. The lowest BCUT2D eigenvalue weighted by Crippen LogP contribution is -2.13. The molecule has 0 aliphatic carbocycles. The van der Waals surface area contributed by atoms with Crippen molar-refractivity contribution in [3.05, 3.63) is 58.4 Å². The second kappa shape index (κ2) is 4.58. The van der Waals surface area contributed by atoms with E-state index < -0.39 is 10.8 Å². The van der Waals surface area contributed by atoms with Crippen LogP contribution in [0, 0.1) is 10.1 Å². The maximum Gasteiger partial charge on any atom is 0.294 e. The summed E-state index contributed by atoms with van der Waals surface area (Å²) in [6.45, 7) is 0. The minimum atomic E-state index is -0.638. The van der Waals surface area contributed by atoms with Crippen LogP contribution < -0.4 is 11.2 Å². The molecule has 1 aromatic heterocycles. The highest BCUT2D eigenvalue weighted by molar-refractivity contribution is 5.94. The number of carbonyl (C=O) groups is 1. The predicted molar refractivity (Wildman–Crippen MR) is 65.1 cm³/mol. The number of nitrogens with one attached hydrogen (secondary N) is 1. The van der Waals surface area contributed by atoms with Crippen LogP contribution in [-0.2, 0) is 0 Å². The van der Waals surface area contributed by atoms with Crippen LogP contribution in [0.4, 0.5) is 11.4 Å². The maximum absolute atomic E-state index is 11.1. The van der Waals surface area contributed by atoms with Crippen LogP contribution in [0.5, 0.6) is 0 Å². The molecule has 7 heteroatoms. The van der Waals surface area contributed by atoms with E-state index in [1.54, 1.807) is 24.5 Å². The number of anilines is 1. The molecule has 0 aliphatic rings. The average molecular weight is 246 g/mol. The molecule has 0 spiro atoms. The summed E-state index contributed by atoms with van der Waals surface area (Å²) < 4.78 is 1.53. The number of amides is 1. The minimum absolute atomic E-state index is 0.131. The van der Waals surface area contributed by atoms with Crippen LogP contribution in [0.25, 0.3) is 0 Å². The van der Waals surface area contributed by atoms with E-state index in [-0.39, 0.29) is 16.9 Å². The summed E-state index contributed by atoms with van der Waals surface area (Å²) in [4.78, 5) is 21.4. The first-order chi connectivity index (χ1) is 8.58. The quantitative estimate of drug-likeness (QED) is 0.628. The van der Waals surface area contributed by atoms with E-state index >= 15 is 0 Å². The van der Waals surface area contributed by atoms with Gasteiger partial charge in [-0.3, -0.25) is 25.0 Å². The van der Waals surface area contributed by atoms with Crippen molar-refractivity contribution in [2.45, 2.75) is 0 Å². The molecule has 0 unspecified atom stereocenters. The Kier molecular flexibility index (Phi) is 2.96. The Morgan fingerprint density at radius 2 is 2.00 bits per heavy atom. The SMILES string of the molecule is NC(=O)c1ccc([N+](=O)[O-])c(Nn2cccc2)c1. The third kappa shape index (κ3) is 2.29.